The Kier molecular flexibility index (Phi) is 6.61. The third-order valence-electron chi connectivity index (χ3n) is 4.75. The summed E-state index contributed by atoms with van der Waals surface area (Å²) in [4.78, 5) is 31.0. The van der Waals surface area contributed by atoms with Crippen molar-refractivity contribution in [1.82, 2.24) is 9.88 Å². The summed E-state index contributed by atoms with van der Waals surface area (Å²) in [6, 6.07) is 9.72. The highest BCUT2D eigenvalue weighted by atomic mass is 16.5. The maximum absolute atomic E-state index is 12.8. The summed E-state index contributed by atoms with van der Waals surface area (Å²) in [6.45, 7) is 3.23. The van der Waals surface area contributed by atoms with Gasteiger partial charge in [0.2, 0.25) is 0 Å². The molecule has 2 heterocycles. The van der Waals surface area contributed by atoms with Crippen LogP contribution in [0.4, 0.5) is 0 Å². The number of benzene rings is 1. The molecule has 1 N–H and O–H groups in total. The third kappa shape index (κ3) is 4.30. The van der Waals surface area contributed by atoms with Crippen molar-refractivity contribution in [1.29, 1.82) is 0 Å². The molecule has 2 aromatic rings. The second kappa shape index (κ2) is 9.34. The molecule has 1 aromatic heterocycles. The first-order chi connectivity index (χ1) is 14.1. The lowest BCUT2D eigenvalue weighted by molar-refractivity contribution is -0.140. The van der Waals surface area contributed by atoms with E-state index >= 15 is 0 Å². The Morgan fingerprint density at radius 3 is 2.45 bits per heavy atom. The molecule has 7 nitrogen and oxygen atoms in total. The van der Waals surface area contributed by atoms with E-state index in [1.54, 1.807) is 31.4 Å². The zero-order valence-electron chi connectivity index (χ0n) is 16.5. The van der Waals surface area contributed by atoms with Gasteiger partial charge < -0.3 is 19.5 Å². The molecule has 1 atom stereocenters. The van der Waals surface area contributed by atoms with Crippen LogP contribution in [-0.2, 0) is 14.3 Å². The minimum Gasteiger partial charge on any atom is -0.507 e. The number of carbonyl (C=O) groups excluding carboxylic acids is 2. The zero-order valence-corrected chi connectivity index (χ0v) is 16.5. The van der Waals surface area contributed by atoms with Crippen molar-refractivity contribution in [2.75, 3.05) is 26.9 Å². The monoisotopic (exact) mass is 396 g/mol. The van der Waals surface area contributed by atoms with Crippen molar-refractivity contribution in [3.63, 3.8) is 0 Å². The molecule has 1 aromatic carbocycles. The van der Waals surface area contributed by atoms with Crippen LogP contribution in [0.3, 0.4) is 0 Å². The fourth-order valence-electron chi connectivity index (χ4n) is 3.41. The topological polar surface area (TPSA) is 89.0 Å². The second-order valence-corrected chi connectivity index (χ2v) is 6.58. The Balaban J connectivity index is 2.07. The standard InChI is InChI=1S/C22H24N2O5/c1-3-29-17-7-5-15(6-8-17)19-18(20(25)16-9-11-23-12-10-16)21(26)22(27)24(19)13-4-14-28-2/h5-12,19,25H,3-4,13-14H2,1-2H3/b20-18+. The molecule has 0 aliphatic carbocycles. The van der Waals surface area contributed by atoms with Gasteiger partial charge in [-0.3, -0.25) is 14.6 Å². The van der Waals surface area contributed by atoms with E-state index in [-0.39, 0.29) is 11.3 Å². The molecule has 0 spiro atoms. The van der Waals surface area contributed by atoms with Gasteiger partial charge in [0, 0.05) is 38.2 Å². The van der Waals surface area contributed by atoms with Gasteiger partial charge in [-0.05, 0) is 43.2 Å². The Hall–Kier alpha value is -3.19. The van der Waals surface area contributed by atoms with E-state index in [1.165, 1.54) is 17.3 Å². The molecule has 1 amide bonds. The summed E-state index contributed by atoms with van der Waals surface area (Å²) in [6.07, 6.45) is 3.62. The van der Waals surface area contributed by atoms with Gasteiger partial charge in [-0.2, -0.15) is 0 Å². The average molecular weight is 396 g/mol. The van der Waals surface area contributed by atoms with E-state index in [4.69, 9.17) is 9.47 Å². The number of likely N-dealkylation sites (tertiary alicyclic amines) is 1. The summed E-state index contributed by atoms with van der Waals surface area (Å²) in [7, 11) is 1.58. The molecule has 1 fully saturated rings. The van der Waals surface area contributed by atoms with Crippen LogP contribution >= 0.6 is 0 Å². The van der Waals surface area contributed by atoms with Gasteiger partial charge in [0.15, 0.2) is 0 Å². The number of hydrogen-bond acceptors (Lipinski definition) is 6. The molecule has 3 rings (SSSR count). The summed E-state index contributed by atoms with van der Waals surface area (Å²) < 4.78 is 10.6. The number of aliphatic hydroxyl groups excluding tert-OH is 1. The van der Waals surface area contributed by atoms with Gasteiger partial charge in [-0.15, -0.1) is 0 Å². The van der Waals surface area contributed by atoms with E-state index in [2.05, 4.69) is 4.98 Å². The Bertz CT molecular complexity index is 893. The normalized spacial score (nSPS) is 18.3. The van der Waals surface area contributed by atoms with Crippen LogP contribution < -0.4 is 4.74 Å². The molecule has 1 saturated heterocycles. The summed E-state index contributed by atoms with van der Waals surface area (Å²) in [5, 5.41) is 10.9. The van der Waals surface area contributed by atoms with Crippen molar-refractivity contribution >= 4 is 17.4 Å². The van der Waals surface area contributed by atoms with E-state index in [0.717, 1.165) is 5.56 Å². The molecule has 0 saturated carbocycles. The molecule has 7 heteroatoms. The lowest BCUT2D eigenvalue weighted by Gasteiger charge is -2.25. The third-order valence-corrected chi connectivity index (χ3v) is 4.75. The number of amides is 1. The summed E-state index contributed by atoms with van der Waals surface area (Å²) in [5.74, 6) is -0.841. The van der Waals surface area contributed by atoms with Gasteiger partial charge >= 0.3 is 0 Å². The largest absolute Gasteiger partial charge is 0.507 e. The number of methoxy groups -OCH3 is 1. The molecule has 152 valence electrons. The molecular formula is C22H24N2O5. The number of aromatic nitrogens is 1. The number of ether oxygens (including phenoxy) is 2. The number of aliphatic hydroxyl groups is 1. The number of rotatable bonds is 8. The number of ketones is 1. The minimum atomic E-state index is -0.699. The number of Topliss-reactive ketones (excluding diaryl/α,β-unsaturated/α-hetero) is 1. The lowest BCUT2D eigenvalue weighted by atomic mass is 9.95. The highest BCUT2D eigenvalue weighted by Gasteiger charge is 2.45. The average Bonchev–Trinajstić information content (AvgIpc) is 3.00. The lowest BCUT2D eigenvalue weighted by Crippen LogP contribution is -2.31. The number of hydrogen-bond donors (Lipinski definition) is 1. The minimum absolute atomic E-state index is 0.0720. The van der Waals surface area contributed by atoms with Crippen LogP contribution in [-0.4, -0.2) is 53.5 Å². The van der Waals surface area contributed by atoms with Crippen molar-refractivity contribution < 1.29 is 24.2 Å². The molecule has 0 bridgehead atoms. The first-order valence-corrected chi connectivity index (χ1v) is 9.49. The molecular weight excluding hydrogens is 372 g/mol. The van der Waals surface area contributed by atoms with Gasteiger partial charge in [0.1, 0.15) is 11.5 Å². The Morgan fingerprint density at radius 1 is 1.14 bits per heavy atom. The summed E-state index contributed by atoms with van der Waals surface area (Å²) in [5.41, 5.74) is 1.23. The van der Waals surface area contributed by atoms with Crippen LogP contribution in [0.15, 0.2) is 54.4 Å². The van der Waals surface area contributed by atoms with Crippen molar-refractivity contribution in [2.24, 2.45) is 0 Å². The predicted octanol–water partition coefficient (Wildman–Crippen LogP) is 2.94. The maximum atomic E-state index is 12.8. The fourth-order valence-corrected chi connectivity index (χ4v) is 3.41. The molecule has 1 aliphatic rings. The highest BCUT2D eigenvalue weighted by molar-refractivity contribution is 6.46. The Morgan fingerprint density at radius 2 is 1.83 bits per heavy atom. The van der Waals surface area contributed by atoms with Crippen LogP contribution in [0, 0.1) is 0 Å². The van der Waals surface area contributed by atoms with Gasteiger partial charge in [0.25, 0.3) is 11.7 Å². The number of carbonyl (C=O) groups is 2. The van der Waals surface area contributed by atoms with E-state index in [9.17, 15) is 14.7 Å². The Labute approximate surface area is 169 Å². The number of nitrogens with zero attached hydrogens (tertiary/aromatic N) is 2. The molecule has 1 unspecified atom stereocenters. The van der Waals surface area contributed by atoms with E-state index < -0.39 is 17.7 Å². The fraction of sp³-hybridized carbons (Fsp3) is 0.318. The molecule has 29 heavy (non-hydrogen) atoms. The van der Waals surface area contributed by atoms with Crippen LogP contribution in [0.1, 0.15) is 30.5 Å². The quantitative estimate of drug-likeness (QED) is 0.319. The maximum Gasteiger partial charge on any atom is 0.295 e. The van der Waals surface area contributed by atoms with E-state index in [1.807, 2.05) is 19.1 Å². The second-order valence-electron chi connectivity index (χ2n) is 6.58. The highest BCUT2D eigenvalue weighted by Crippen LogP contribution is 2.39. The van der Waals surface area contributed by atoms with Crippen molar-refractivity contribution in [3.8, 4) is 5.75 Å². The van der Waals surface area contributed by atoms with Gasteiger partial charge in [0.05, 0.1) is 18.2 Å². The van der Waals surface area contributed by atoms with Crippen LogP contribution in [0.5, 0.6) is 5.75 Å². The van der Waals surface area contributed by atoms with Crippen LogP contribution in [0.25, 0.3) is 5.76 Å². The van der Waals surface area contributed by atoms with Crippen molar-refractivity contribution in [2.45, 2.75) is 19.4 Å². The first-order valence-electron chi connectivity index (χ1n) is 9.49. The van der Waals surface area contributed by atoms with Gasteiger partial charge in [-0.25, -0.2) is 0 Å². The smallest absolute Gasteiger partial charge is 0.295 e. The molecule has 0 radical (unpaired) electrons. The number of pyridine rings is 1. The zero-order chi connectivity index (χ0) is 20.8. The first kappa shape index (κ1) is 20.5. The van der Waals surface area contributed by atoms with E-state index in [0.29, 0.717) is 37.5 Å². The summed E-state index contributed by atoms with van der Waals surface area (Å²) >= 11 is 0. The van der Waals surface area contributed by atoms with Crippen molar-refractivity contribution in [3.05, 3.63) is 65.5 Å². The predicted molar refractivity (Wildman–Crippen MR) is 107 cm³/mol. The van der Waals surface area contributed by atoms with Crippen LogP contribution in [0.2, 0.25) is 0 Å². The SMILES string of the molecule is CCOc1ccc(C2/C(=C(\O)c3ccncc3)C(=O)C(=O)N2CCCOC)cc1. The molecule has 1 aliphatic heterocycles. The van der Waals surface area contributed by atoms with Gasteiger partial charge in [-0.1, -0.05) is 12.1 Å².